The molecule has 2 heterocycles. The van der Waals surface area contributed by atoms with E-state index in [0.717, 1.165) is 36.1 Å². The molecule has 0 amide bonds. The van der Waals surface area contributed by atoms with Crippen molar-refractivity contribution >= 4 is 16.5 Å². The minimum absolute atomic E-state index is 0.887. The van der Waals surface area contributed by atoms with Crippen LogP contribution in [0.1, 0.15) is 38.8 Å². The van der Waals surface area contributed by atoms with Crippen molar-refractivity contribution in [3.05, 3.63) is 5.69 Å². The smallest absolute Gasteiger partial charge is 0.134 e. The Kier molecular flexibility index (Phi) is 4.74. The van der Waals surface area contributed by atoms with Gasteiger partial charge in [-0.3, -0.25) is 4.90 Å². The van der Waals surface area contributed by atoms with E-state index in [0.29, 0.717) is 0 Å². The van der Waals surface area contributed by atoms with Gasteiger partial charge in [-0.15, -0.1) is 5.10 Å². The molecule has 1 fully saturated rings. The van der Waals surface area contributed by atoms with Gasteiger partial charge in [-0.1, -0.05) is 18.3 Å². The number of hydrogen-bond donors (Lipinski definition) is 1. The second-order valence-corrected chi connectivity index (χ2v) is 5.69. The van der Waals surface area contributed by atoms with Crippen molar-refractivity contribution in [3.8, 4) is 0 Å². The predicted octanol–water partition coefficient (Wildman–Crippen LogP) is 2.59. The van der Waals surface area contributed by atoms with Gasteiger partial charge < -0.3 is 5.32 Å². The van der Waals surface area contributed by atoms with Gasteiger partial charge in [0.05, 0.1) is 0 Å². The van der Waals surface area contributed by atoms with Crippen LogP contribution in [0.2, 0.25) is 0 Å². The fourth-order valence-electron chi connectivity index (χ4n) is 2.12. The van der Waals surface area contributed by atoms with Crippen molar-refractivity contribution in [2.24, 2.45) is 5.92 Å². The van der Waals surface area contributed by atoms with Gasteiger partial charge in [-0.2, -0.15) is 0 Å². The average Bonchev–Trinajstić information content (AvgIpc) is 2.77. The Balaban J connectivity index is 1.87. The van der Waals surface area contributed by atoms with E-state index in [4.69, 9.17) is 0 Å². The first-order chi connectivity index (χ1) is 8.29. The van der Waals surface area contributed by atoms with Crippen molar-refractivity contribution in [1.29, 1.82) is 0 Å². The Bertz CT molecular complexity index is 331. The number of likely N-dealkylation sites (tertiary alicyclic amines) is 1. The first-order valence-electron chi connectivity index (χ1n) is 6.57. The molecule has 0 atom stereocenters. The fraction of sp³-hybridized carbons (Fsp3) is 0.833. The number of nitrogens with zero attached hydrogens (tertiary/aromatic N) is 3. The Hall–Kier alpha value is -0.680. The first kappa shape index (κ1) is 12.8. The van der Waals surface area contributed by atoms with Crippen LogP contribution >= 0.6 is 11.5 Å². The molecule has 0 spiro atoms. The second-order valence-electron chi connectivity index (χ2n) is 4.93. The molecule has 1 aliphatic heterocycles. The van der Waals surface area contributed by atoms with Crippen LogP contribution in [-0.4, -0.2) is 34.1 Å². The molecule has 4 nitrogen and oxygen atoms in total. The molecule has 1 aromatic rings. The third kappa shape index (κ3) is 3.64. The standard InChI is InChI=1S/C12H22N4S/c1-3-6-13-12-11(14-15-17-12)9-16-7-4-10(2)5-8-16/h10,13H,3-9H2,1-2H3. The molecular weight excluding hydrogens is 232 g/mol. The zero-order chi connectivity index (χ0) is 12.1. The van der Waals surface area contributed by atoms with E-state index in [1.807, 2.05) is 0 Å². The van der Waals surface area contributed by atoms with Gasteiger partial charge in [0, 0.05) is 24.6 Å². The van der Waals surface area contributed by atoms with E-state index in [1.54, 1.807) is 0 Å². The highest BCUT2D eigenvalue weighted by Gasteiger charge is 2.18. The summed E-state index contributed by atoms with van der Waals surface area (Å²) in [6, 6.07) is 0. The Morgan fingerprint density at radius 3 is 2.88 bits per heavy atom. The third-order valence-electron chi connectivity index (χ3n) is 3.34. The minimum atomic E-state index is 0.887. The minimum Gasteiger partial charge on any atom is -0.374 e. The van der Waals surface area contributed by atoms with E-state index in [2.05, 4.69) is 33.7 Å². The van der Waals surface area contributed by atoms with E-state index < -0.39 is 0 Å². The van der Waals surface area contributed by atoms with Crippen LogP contribution in [0.25, 0.3) is 0 Å². The maximum atomic E-state index is 4.25. The molecule has 1 aliphatic rings. The van der Waals surface area contributed by atoms with Crippen LogP contribution in [0, 0.1) is 5.92 Å². The fourth-order valence-corrected chi connectivity index (χ4v) is 2.72. The molecule has 1 saturated heterocycles. The lowest BCUT2D eigenvalue weighted by Crippen LogP contribution is -2.32. The summed E-state index contributed by atoms with van der Waals surface area (Å²) in [6.45, 7) is 8.88. The average molecular weight is 254 g/mol. The second kappa shape index (κ2) is 6.31. The van der Waals surface area contributed by atoms with Crippen LogP contribution in [0.5, 0.6) is 0 Å². The molecule has 0 unspecified atom stereocenters. The summed E-state index contributed by atoms with van der Waals surface area (Å²) in [5, 5.41) is 8.81. The van der Waals surface area contributed by atoms with Crippen LogP contribution in [0.4, 0.5) is 5.00 Å². The molecule has 0 aliphatic carbocycles. The summed E-state index contributed by atoms with van der Waals surface area (Å²) in [4.78, 5) is 2.49. The SMILES string of the molecule is CCCNc1snnc1CN1CCC(C)CC1. The highest BCUT2D eigenvalue weighted by atomic mass is 32.1. The molecule has 2 rings (SSSR count). The van der Waals surface area contributed by atoms with Gasteiger partial charge >= 0.3 is 0 Å². The highest BCUT2D eigenvalue weighted by Crippen LogP contribution is 2.22. The van der Waals surface area contributed by atoms with E-state index in [9.17, 15) is 0 Å². The molecule has 0 saturated carbocycles. The molecule has 5 heteroatoms. The van der Waals surface area contributed by atoms with Crippen molar-refractivity contribution in [1.82, 2.24) is 14.5 Å². The Morgan fingerprint density at radius 2 is 2.18 bits per heavy atom. The summed E-state index contributed by atoms with van der Waals surface area (Å²) < 4.78 is 4.06. The summed E-state index contributed by atoms with van der Waals surface area (Å²) in [7, 11) is 0. The van der Waals surface area contributed by atoms with Gasteiger partial charge in [0.2, 0.25) is 0 Å². The lowest BCUT2D eigenvalue weighted by atomic mass is 9.99. The lowest BCUT2D eigenvalue weighted by Gasteiger charge is -2.29. The van der Waals surface area contributed by atoms with Gasteiger partial charge in [0.25, 0.3) is 0 Å². The van der Waals surface area contributed by atoms with Gasteiger partial charge in [-0.05, 0) is 38.3 Å². The Morgan fingerprint density at radius 1 is 1.41 bits per heavy atom. The Labute approximate surface area is 108 Å². The molecule has 1 aromatic heterocycles. The number of piperidine rings is 1. The van der Waals surface area contributed by atoms with E-state index in [-0.39, 0.29) is 0 Å². The van der Waals surface area contributed by atoms with Crippen molar-refractivity contribution in [2.45, 2.75) is 39.7 Å². The molecule has 0 bridgehead atoms. The van der Waals surface area contributed by atoms with Gasteiger partial charge in [-0.25, -0.2) is 0 Å². The molecule has 17 heavy (non-hydrogen) atoms. The van der Waals surface area contributed by atoms with Gasteiger partial charge in [0.1, 0.15) is 10.7 Å². The van der Waals surface area contributed by atoms with Crippen molar-refractivity contribution in [2.75, 3.05) is 25.0 Å². The van der Waals surface area contributed by atoms with Crippen LogP contribution in [0.3, 0.4) is 0 Å². The molecule has 1 N–H and O–H groups in total. The summed E-state index contributed by atoms with van der Waals surface area (Å²) in [5.74, 6) is 0.887. The monoisotopic (exact) mass is 254 g/mol. The van der Waals surface area contributed by atoms with E-state index >= 15 is 0 Å². The molecule has 0 radical (unpaired) electrons. The van der Waals surface area contributed by atoms with Crippen LogP contribution in [-0.2, 0) is 6.54 Å². The topological polar surface area (TPSA) is 41.1 Å². The third-order valence-corrected chi connectivity index (χ3v) is 4.07. The van der Waals surface area contributed by atoms with Crippen LogP contribution in [0.15, 0.2) is 0 Å². The number of aromatic nitrogens is 2. The van der Waals surface area contributed by atoms with Gasteiger partial charge in [0.15, 0.2) is 0 Å². The summed E-state index contributed by atoms with van der Waals surface area (Å²) >= 11 is 1.48. The largest absolute Gasteiger partial charge is 0.374 e. The summed E-state index contributed by atoms with van der Waals surface area (Å²) in [5.41, 5.74) is 1.12. The number of anilines is 1. The zero-order valence-corrected chi connectivity index (χ0v) is 11.6. The zero-order valence-electron chi connectivity index (χ0n) is 10.8. The number of rotatable bonds is 5. The first-order valence-corrected chi connectivity index (χ1v) is 7.34. The molecular formula is C12H22N4S. The van der Waals surface area contributed by atoms with E-state index in [1.165, 1.54) is 37.5 Å². The lowest BCUT2D eigenvalue weighted by molar-refractivity contribution is 0.183. The summed E-state index contributed by atoms with van der Waals surface area (Å²) in [6.07, 6.45) is 3.77. The molecule has 96 valence electrons. The highest BCUT2D eigenvalue weighted by molar-refractivity contribution is 7.10. The number of hydrogen-bond acceptors (Lipinski definition) is 5. The molecule has 0 aromatic carbocycles. The number of nitrogens with one attached hydrogen (secondary N) is 1. The maximum absolute atomic E-state index is 4.25. The quantitative estimate of drug-likeness (QED) is 0.877. The predicted molar refractivity (Wildman–Crippen MR) is 72.4 cm³/mol. The van der Waals surface area contributed by atoms with Crippen LogP contribution < -0.4 is 5.32 Å². The maximum Gasteiger partial charge on any atom is 0.134 e. The van der Waals surface area contributed by atoms with Crippen molar-refractivity contribution < 1.29 is 0 Å². The van der Waals surface area contributed by atoms with Crippen molar-refractivity contribution in [3.63, 3.8) is 0 Å². The normalized spacial score (nSPS) is 18.5.